The Kier molecular flexibility index (Phi) is 3.85. The second-order valence-electron chi connectivity index (χ2n) is 5.68. The van der Waals surface area contributed by atoms with Crippen LogP contribution in [0.5, 0.6) is 5.75 Å². The largest absolute Gasteiger partial charge is 0.483 e. The summed E-state index contributed by atoms with van der Waals surface area (Å²) in [5.41, 5.74) is 1.26. The van der Waals surface area contributed by atoms with E-state index in [2.05, 4.69) is 5.32 Å². The molecule has 2 aliphatic heterocycles. The second-order valence-corrected chi connectivity index (χ2v) is 5.68. The van der Waals surface area contributed by atoms with Crippen LogP contribution in [0.2, 0.25) is 0 Å². The molecule has 0 aliphatic carbocycles. The summed E-state index contributed by atoms with van der Waals surface area (Å²) in [5.74, 6) is -0.479. The van der Waals surface area contributed by atoms with Crippen molar-refractivity contribution in [1.29, 1.82) is 0 Å². The van der Waals surface area contributed by atoms with Gasteiger partial charge in [0.05, 0.1) is 0 Å². The van der Waals surface area contributed by atoms with Gasteiger partial charge in [0, 0.05) is 18.5 Å². The summed E-state index contributed by atoms with van der Waals surface area (Å²) in [6, 6.07) is 4.34. The van der Waals surface area contributed by atoms with Gasteiger partial charge in [0.2, 0.25) is 11.8 Å². The van der Waals surface area contributed by atoms with Crippen molar-refractivity contribution in [1.82, 2.24) is 10.2 Å². The summed E-state index contributed by atoms with van der Waals surface area (Å²) in [6.07, 6.45) is 0.669. The quantitative estimate of drug-likeness (QED) is 0.642. The molecule has 0 spiro atoms. The highest BCUT2D eigenvalue weighted by atomic mass is 16.5. The lowest BCUT2D eigenvalue weighted by molar-refractivity contribution is -0.136. The first-order valence-corrected chi connectivity index (χ1v) is 7.39. The van der Waals surface area contributed by atoms with E-state index < -0.39 is 18.1 Å². The van der Waals surface area contributed by atoms with E-state index in [1.165, 1.54) is 4.90 Å². The van der Waals surface area contributed by atoms with Crippen LogP contribution >= 0.6 is 0 Å². The Labute approximate surface area is 132 Å². The fourth-order valence-corrected chi connectivity index (χ4v) is 2.87. The van der Waals surface area contributed by atoms with Crippen molar-refractivity contribution in [3.8, 4) is 5.75 Å². The highest BCUT2D eigenvalue weighted by molar-refractivity contribution is 6.05. The third kappa shape index (κ3) is 2.81. The van der Waals surface area contributed by atoms with Gasteiger partial charge in [-0.25, -0.2) is 0 Å². The Hall–Kier alpha value is -2.70. The smallest absolute Gasteiger partial charge is 0.255 e. The van der Waals surface area contributed by atoms with Crippen molar-refractivity contribution < 1.29 is 23.9 Å². The molecule has 1 saturated heterocycles. The molecule has 120 valence electrons. The Balaban J connectivity index is 1.80. The first kappa shape index (κ1) is 15.2. The van der Waals surface area contributed by atoms with Gasteiger partial charge in [0.25, 0.3) is 5.91 Å². The molecule has 23 heavy (non-hydrogen) atoms. The number of aldehydes is 1. The van der Waals surface area contributed by atoms with Gasteiger partial charge in [-0.15, -0.1) is 0 Å². The van der Waals surface area contributed by atoms with E-state index in [9.17, 15) is 19.2 Å². The van der Waals surface area contributed by atoms with Gasteiger partial charge >= 0.3 is 0 Å². The Morgan fingerprint density at radius 1 is 1.35 bits per heavy atom. The van der Waals surface area contributed by atoms with E-state index in [1.807, 2.05) is 0 Å². The SMILES string of the molecule is CC(C=O)Oc1ccc2c(c1)CN(C1CCC(=O)NC1=O)C2=O. The molecule has 0 saturated carbocycles. The third-order valence-electron chi connectivity index (χ3n) is 4.01. The van der Waals surface area contributed by atoms with Crippen LogP contribution in [0, 0.1) is 0 Å². The molecule has 2 heterocycles. The number of nitrogens with one attached hydrogen (secondary N) is 1. The lowest BCUT2D eigenvalue weighted by atomic mass is 10.0. The predicted molar refractivity (Wildman–Crippen MR) is 78.6 cm³/mol. The van der Waals surface area contributed by atoms with Crippen LogP contribution in [0.4, 0.5) is 0 Å². The average Bonchev–Trinajstić information content (AvgIpc) is 2.83. The number of carbonyl (C=O) groups excluding carboxylic acids is 4. The number of carbonyl (C=O) groups is 4. The monoisotopic (exact) mass is 316 g/mol. The molecule has 0 radical (unpaired) electrons. The molecule has 1 aromatic carbocycles. The number of imide groups is 1. The summed E-state index contributed by atoms with van der Waals surface area (Å²) < 4.78 is 5.42. The highest BCUT2D eigenvalue weighted by Gasteiger charge is 2.39. The molecule has 0 bridgehead atoms. The van der Waals surface area contributed by atoms with E-state index in [0.717, 1.165) is 5.56 Å². The van der Waals surface area contributed by atoms with Crippen molar-refractivity contribution in [2.24, 2.45) is 0 Å². The molecule has 3 rings (SSSR count). The number of amides is 3. The number of hydrogen-bond donors (Lipinski definition) is 1. The van der Waals surface area contributed by atoms with E-state index in [0.29, 0.717) is 24.0 Å². The zero-order chi connectivity index (χ0) is 16.6. The summed E-state index contributed by atoms with van der Waals surface area (Å²) in [5, 5.41) is 2.26. The molecule has 0 aromatic heterocycles. The summed E-state index contributed by atoms with van der Waals surface area (Å²) in [7, 11) is 0. The van der Waals surface area contributed by atoms with Crippen molar-refractivity contribution in [3.63, 3.8) is 0 Å². The minimum absolute atomic E-state index is 0.224. The average molecular weight is 316 g/mol. The van der Waals surface area contributed by atoms with Crippen LogP contribution in [0.15, 0.2) is 18.2 Å². The first-order valence-electron chi connectivity index (χ1n) is 7.39. The molecular formula is C16H16N2O5. The normalized spacial score (nSPS) is 21.7. The molecule has 7 heteroatoms. The van der Waals surface area contributed by atoms with Crippen LogP contribution < -0.4 is 10.1 Å². The van der Waals surface area contributed by atoms with Gasteiger partial charge in [0.1, 0.15) is 11.8 Å². The van der Waals surface area contributed by atoms with Crippen molar-refractivity contribution >= 4 is 24.0 Å². The topological polar surface area (TPSA) is 92.8 Å². The lowest BCUT2D eigenvalue weighted by Crippen LogP contribution is -2.52. The molecule has 2 unspecified atom stereocenters. The highest BCUT2D eigenvalue weighted by Crippen LogP contribution is 2.30. The minimum Gasteiger partial charge on any atom is -0.483 e. The maximum absolute atomic E-state index is 12.5. The van der Waals surface area contributed by atoms with Crippen molar-refractivity contribution in [2.45, 2.75) is 38.5 Å². The van der Waals surface area contributed by atoms with E-state index in [1.54, 1.807) is 25.1 Å². The summed E-state index contributed by atoms with van der Waals surface area (Å²) in [6.45, 7) is 1.91. The van der Waals surface area contributed by atoms with Crippen LogP contribution in [-0.4, -0.2) is 41.1 Å². The first-order chi connectivity index (χ1) is 11.0. The third-order valence-corrected chi connectivity index (χ3v) is 4.01. The number of benzene rings is 1. The zero-order valence-corrected chi connectivity index (χ0v) is 12.6. The lowest BCUT2D eigenvalue weighted by Gasteiger charge is -2.29. The second kappa shape index (κ2) is 5.83. The number of piperidine rings is 1. The van der Waals surface area contributed by atoms with Crippen LogP contribution in [-0.2, 0) is 20.9 Å². The number of rotatable bonds is 4. The fourth-order valence-electron chi connectivity index (χ4n) is 2.87. The van der Waals surface area contributed by atoms with Gasteiger partial charge < -0.3 is 9.64 Å². The van der Waals surface area contributed by atoms with Gasteiger partial charge in [-0.3, -0.25) is 24.5 Å². The van der Waals surface area contributed by atoms with Gasteiger partial charge in [-0.1, -0.05) is 0 Å². The Bertz CT molecular complexity index is 700. The van der Waals surface area contributed by atoms with Crippen LogP contribution in [0.1, 0.15) is 35.7 Å². The summed E-state index contributed by atoms with van der Waals surface area (Å²) in [4.78, 5) is 47.8. The molecule has 1 fully saturated rings. The maximum atomic E-state index is 12.5. The molecule has 2 aliphatic rings. The van der Waals surface area contributed by atoms with Gasteiger partial charge in [-0.05, 0) is 37.1 Å². The predicted octanol–water partition coefficient (Wildman–Crippen LogP) is 0.414. The van der Waals surface area contributed by atoms with Gasteiger partial charge in [0.15, 0.2) is 12.4 Å². The minimum atomic E-state index is -0.633. The molecule has 1 N–H and O–H groups in total. The number of ether oxygens (including phenoxy) is 1. The Morgan fingerprint density at radius 3 is 2.83 bits per heavy atom. The standard InChI is InChI=1S/C16H16N2O5/c1-9(8-19)23-11-2-3-12-10(6-11)7-18(16(12)22)13-4-5-14(20)17-15(13)21/h2-3,6,8-9,13H,4-5,7H2,1H3,(H,17,20,21). The van der Waals surface area contributed by atoms with E-state index in [-0.39, 0.29) is 24.8 Å². The van der Waals surface area contributed by atoms with Gasteiger partial charge in [-0.2, -0.15) is 0 Å². The molecule has 1 aromatic rings. The van der Waals surface area contributed by atoms with E-state index >= 15 is 0 Å². The number of nitrogens with zero attached hydrogens (tertiary/aromatic N) is 1. The molecule has 2 atom stereocenters. The molecular weight excluding hydrogens is 300 g/mol. The molecule has 7 nitrogen and oxygen atoms in total. The van der Waals surface area contributed by atoms with Crippen LogP contribution in [0.25, 0.3) is 0 Å². The van der Waals surface area contributed by atoms with Crippen molar-refractivity contribution in [2.75, 3.05) is 0 Å². The van der Waals surface area contributed by atoms with Crippen LogP contribution in [0.3, 0.4) is 0 Å². The Morgan fingerprint density at radius 2 is 2.13 bits per heavy atom. The van der Waals surface area contributed by atoms with Crippen molar-refractivity contribution in [3.05, 3.63) is 29.3 Å². The maximum Gasteiger partial charge on any atom is 0.255 e. The fraction of sp³-hybridized carbons (Fsp3) is 0.375. The number of hydrogen-bond acceptors (Lipinski definition) is 5. The summed E-state index contributed by atoms with van der Waals surface area (Å²) >= 11 is 0. The van der Waals surface area contributed by atoms with E-state index in [4.69, 9.17) is 4.74 Å². The molecule has 3 amide bonds. The zero-order valence-electron chi connectivity index (χ0n) is 12.6. The number of fused-ring (bicyclic) bond motifs is 1.